The van der Waals surface area contributed by atoms with E-state index in [1.54, 1.807) is 24.3 Å². The Balaban J connectivity index is 1.74. The van der Waals surface area contributed by atoms with E-state index in [4.69, 9.17) is 16.3 Å². The van der Waals surface area contributed by atoms with Crippen LogP contribution in [0.2, 0.25) is 5.02 Å². The van der Waals surface area contributed by atoms with Gasteiger partial charge >= 0.3 is 0 Å². The molecule has 3 aliphatic rings. The lowest BCUT2D eigenvalue weighted by Crippen LogP contribution is -2.34. The molecule has 2 bridgehead atoms. The fourth-order valence-corrected chi connectivity index (χ4v) is 3.27. The second-order valence-electron chi connectivity index (χ2n) is 4.99. The normalized spacial score (nSPS) is 35.3. The number of anilines is 1. The standard InChI is InChI=1S/C14H10ClNO3/c15-7-1-3-8(4-2-7)16-13(17)11-9-5-6-10(19-9)12(11)14(16)18/h1-6,9-12H. The third kappa shape index (κ3) is 1.38. The zero-order valence-electron chi connectivity index (χ0n) is 9.82. The van der Waals surface area contributed by atoms with E-state index in [-0.39, 0.29) is 35.9 Å². The molecule has 4 nitrogen and oxygen atoms in total. The van der Waals surface area contributed by atoms with Crippen LogP contribution in [0.1, 0.15) is 0 Å². The first kappa shape index (κ1) is 11.2. The van der Waals surface area contributed by atoms with Gasteiger partial charge in [-0.25, -0.2) is 4.90 Å². The highest BCUT2D eigenvalue weighted by Crippen LogP contribution is 2.46. The predicted molar refractivity (Wildman–Crippen MR) is 68.7 cm³/mol. The molecule has 3 heterocycles. The summed E-state index contributed by atoms with van der Waals surface area (Å²) in [5, 5.41) is 0.577. The summed E-state index contributed by atoms with van der Waals surface area (Å²) in [4.78, 5) is 26.1. The molecule has 0 N–H and O–H groups in total. The maximum Gasteiger partial charge on any atom is 0.240 e. The molecule has 0 spiro atoms. The van der Waals surface area contributed by atoms with Gasteiger partial charge in [0.2, 0.25) is 11.8 Å². The molecule has 3 aliphatic heterocycles. The molecular weight excluding hydrogens is 266 g/mol. The second-order valence-corrected chi connectivity index (χ2v) is 5.43. The minimum atomic E-state index is -0.363. The summed E-state index contributed by atoms with van der Waals surface area (Å²) in [7, 11) is 0. The van der Waals surface area contributed by atoms with Crippen LogP contribution in [0.3, 0.4) is 0 Å². The number of carbonyl (C=O) groups excluding carboxylic acids is 2. The summed E-state index contributed by atoms with van der Waals surface area (Å²) < 4.78 is 5.58. The van der Waals surface area contributed by atoms with E-state index in [1.807, 2.05) is 12.2 Å². The molecule has 1 aromatic rings. The van der Waals surface area contributed by atoms with Gasteiger partial charge in [0.05, 0.1) is 29.7 Å². The van der Waals surface area contributed by atoms with Crippen molar-refractivity contribution in [3.8, 4) is 0 Å². The van der Waals surface area contributed by atoms with Crippen LogP contribution in [0, 0.1) is 11.8 Å². The summed E-state index contributed by atoms with van der Waals surface area (Å²) >= 11 is 5.82. The molecule has 4 unspecified atom stereocenters. The number of amides is 2. The Hall–Kier alpha value is -1.65. The fraction of sp³-hybridized carbons (Fsp3) is 0.286. The molecule has 2 fully saturated rings. The van der Waals surface area contributed by atoms with Gasteiger partial charge in [-0.3, -0.25) is 9.59 Å². The number of hydrogen-bond acceptors (Lipinski definition) is 3. The van der Waals surface area contributed by atoms with Crippen LogP contribution in [-0.2, 0) is 14.3 Å². The minimum absolute atomic E-state index is 0.172. The number of imide groups is 1. The van der Waals surface area contributed by atoms with Gasteiger partial charge in [0, 0.05) is 5.02 Å². The van der Waals surface area contributed by atoms with Gasteiger partial charge in [0.25, 0.3) is 0 Å². The quantitative estimate of drug-likeness (QED) is 0.580. The number of benzene rings is 1. The number of fused-ring (bicyclic) bond motifs is 5. The zero-order valence-corrected chi connectivity index (χ0v) is 10.6. The van der Waals surface area contributed by atoms with Crippen molar-refractivity contribution < 1.29 is 14.3 Å². The van der Waals surface area contributed by atoms with Gasteiger partial charge in [0.15, 0.2) is 0 Å². The maximum atomic E-state index is 12.4. The monoisotopic (exact) mass is 275 g/mol. The smallest absolute Gasteiger partial charge is 0.240 e. The van der Waals surface area contributed by atoms with E-state index in [2.05, 4.69) is 0 Å². The van der Waals surface area contributed by atoms with Gasteiger partial charge in [0.1, 0.15) is 0 Å². The molecule has 19 heavy (non-hydrogen) atoms. The lowest BCUT2D eigenvalue weighted by atomic mass is 9.85. The Morgan fingerprint density at radius 2 is 1.47 bits per heavy atom. The Labute approximate surface area is 114 Å². The Bertz CT molecular complexity index is 580. The van der Waals surface area contributed by atoms with Crippen LogP contribution in [0.15, 0.2) is 36.4 Å². The molecule has 4 rings (SSSR count). The number of halogens is 1. The van der Waals surface area contributed by atoms with Crippen LogP contribution >= 0.6 is 11.6 Å². The predicted octanol–water partition coefficient (Wildman–Crippen LogP) is 1.78. The largest absolute Gasteiger partial charge is 0.365 e. The first-order valence-electron chi connectivity index (χ1n) is 6.14. The zero-order chi connectivity index (χ0) is 13.1. The Morgan fingerprint density at radius 3 is 2.00 bits per heavy atom. The first-order chi connectivity index (χ1) is 9.16. The molecule has 0 radical (unpaired) electrons. The van der Waals surface area contributed by atoms with E-state index in [1.165, 1.54) is 4.90 Å². The van der Waals surface area contributed by atoms with Crippen LogP contribution in [0.25, 0.3) is 0 Å². The van der Waals surface area contributed by atoms with Crippen LogP contribution in [0.5, 0.6) is 0 Å². The van der Waals surface area contributed by atoms with Crippen molar-refractivity contribution in [1.29, 1.82) is 0 Å². The molecule has 0 saturated carbocycles. The highest BCUT2D eigenvalue weighted by Gasteiger charge is 2.60. The SMILES string of the molecule is O=C1C2C3C=CC(O3)C2C(=O)N1c1ccc(Cl)cc1. The summed E-state index contributed by atoms with van der Waals surface area (Å²) in [6.45, 7) is 0. The van der Waals surface area contributed by atoms with Crippen molar-refractivity contribution >= 4 is 29.1 Å². The average Bonchev–Trinajstić information content (AvgIpc) is 3.06. The highest BCUT2D eigenvalue weighted by molar-refractivity contribution is 6.30. The van der Waals surface area contributed by atoms with E-state index >= 15 is 0 Å². The molecule has 2 saturated heterocycles. The minimum Gasteiger partial charge on any atom is -0.365 e. The van der Waals surface area contributed by atoms with Crippen molar-refractivity contribution in [3.63, 3.8) is 0 Å². The van der Waals surface area contributed by atoms with Gasteiger partial charge in [-0.05, 0) is 24.3 Å². The van der Waals surface area contributed by atoms with Gasteiger partial charge in [-0.15, -0.1) is 0 Å². The van der Waals surface area contributed by atoms with E-state index in [0.29, 0.717) is 10.7 Å². The number of rotatable bonds is 1. The summed E-state index contributed by atoms with van der Waals surface area (Å²) in [5.41, 5.74) is 0.577. The van der Waals surface area contributed by atoms with Gasteiger partial charge in [-0.1, -0.05) is 23.8 Å². The van der Waals surface area contributed by atoms with Crippen LogP contribution < -0.4 is 4.90 Å². The molecule has 5 heteroatoms. The Kier molecular flexibility index (Phi) is 2.17. The first-order valence-corrected chi connectivity index (χ1v) is 6.52. The lowest BCUT2D eigenvalue weighted by molar-refractivity contribution is -0.124. The number of nitrogens with zero attached hydrogens (tertiary/aromatic N) is 1. The van der Waals surface area contributed by atoms with E-state index in [0.717, 1.165) is 0 Å². The molecule has 0 aromatic heterocycles. The van der Waals surface area contributed by atoms with Crippen molar-refractivity contribution in [2.75, 3.05) is 4.90 Å². The van der Waals surface area contributed by atoms with Crippen molar-refractivity contribution in [2.24, 2.45) is 11.8 Å². The maximum absolute atomic E-state index is 12.4. The molecule has 1 aromatic carbocycles. The van der Waals surface area contributed by atoms with Crippen LogP contribution in [-0.4, -0.2) is 24.0 Å². The molecule has 4 atom stereocenters. The topological polar surface area (TPSA) is 46.6 Å². The van der Waals surface area contributed by atoms with Crippen LogP contribution in [0.4, 0.5) is 5.69 Å². The second kappa shape index (κ2) is 3.68. The summed E-state index contributed by atoms with van der Waals surface area (Å²) in [5.74, 6) is -1.07. The molecule has 0 aliphatic carbocycles. The average molecular weight is 276 g/mol. The third-order valence-corrected chi connectivity index (χ3v) is 4.25. The van der Waals surface area contributed by atoms with Gasteiger partial charge < -0.3 is 4.74 Å². The third-order valence-electron chi connectivity index (χ3n) is 4.00. The number of hydrogen-bond donors (Lipinski definition) is 0. The van der Waals surface area contributed by atoms with E-state index < -0.39 is 0 Å². The lowest BCUT2D eigenvalue weighted by Gasteiger charge is -2.17. The highest BCUT2D eigenvalue weighted by atomic mass is 35.5. The summed E-state index contributed by atoms with van der Waals surface area (Å²) in [6.07, 6.45) is 3.26. The van der Waals surface area contributed by atoms with Crippen molar-refractivity contribution in [1.82, 2.24) is 0 Å². The van der Waals surface area contributed by atoms with Gasteiger partial charge in [-0.2, -0.15) is 0 Å². The fourth-order valence-electron chi connectivity index (χ4n) is 3.15. The Morgan fingerprint density at radius 1 is 0.947 bits per heavy atom. The summed E-state index contributed by atoms with van der Waals surface area (Å²) in [6, 6.07) is 6.73. The van der Waals surface area contributed by atoms with Crippen molar-refractivity contribution in [3.05, 3.63) is 41.4 Å². The number of carbonyl (C=O) groups is 2. The molecular formula is C14H10ClNO3. The number of ether oxygens (including phenoxy) is 1. The van der Waals surface area contributed by atoms with E-state index in [9.17, 15) is 9.59 Å². The van der Waals surface area contributed by atoms with Crippen molar-refractivity contribution in [2.45, 2.75) is 12.2 Å². The molecule has 96 valence electrons. The molecule has 2 amide bonds.